The largest absolute Gasteiger partial charge is 0.372 e. The van der Waals surface area contributed by atoms with Crippen LogP contribution < -0.4 is 0 Å². The summed E-state index contributed by atoms with van der Waals surface area (Å²) in [5.74, 6) is 0. The molecule has 0 fully saturated rings. The van der Waals surface area contributed by atoms with Crippen molar-refractivity contribution < 1.29 is 4.74 Å². The monoisotopic (exact) mass is 202 g/mol. The van der Waals surface area contributed by atoms with Gasteiger partial charge in [0.25, 0.3) is 0 Å². The Hall–Kier alpha value is -0.270. The van der Waals surface area contributed by atoms with Gasteiger partial charge in [-0.25, -0.2) is 0 Å². The molecule has 0 saturated carbocycles. The van der Waals surface area contributed by atoms with Crippen molar-refractivity contribution in [2.24, 2.45) is 0 Å². The van der Waals surface area contributed by atoms with Gasteiger partial charge in [0.2, 0.25) is 0 Å². The Balaban J connectivity index is 4.44. The van der Waals surface area contributed by atoms with E-state index in [2.05, 4.69) is 0 Å². The van der Waals surface area contributed by atoms with Crippen LogP contribution in [0.5, 0.6) is 0 Å². The average molecular weight is 203 g/mol. The maximum absolute atomic E-state index is 6.00. The minimum Gasteiger partial charge on any atom is -0.372 e. The molecule has 0 aliphatic rings. The number of hydrogen-bond donors (Lipinski definition) is 0. The normalized spacial score (nSPS) is 12.9. The Morgan fingerprint density at radius 1 is 1.38 bits per heavy atom. The van der Waals surface area contributed by atoms with Gasteiger partial charge in [0.1, 0.15) is 0 Å². The van der Waals surface area contributed by atoms with Crippen LogP contribution in [-0.4, -0.2) is 12.2 Å². The van der Waals surface area contributed by atoms with Gasteiger partial charge >= 0.3 is 0 Å². The lowest BCUT2D eigenvalue weighted by Gasteiger charge is -2.20. The van der Waals surface area contributed by atoms with Gasteiger partial charge < -0.3 is 4.74 Å². The summed E-state index contributed by atoms with van der Waals surface area (Å²) in [6, 6.07) is 0. The molecule has 76 valence electrons. The maximum Gasteiger partial charge on any atom is 0.0823 e. The van der Waals surface area contributed by atoms with Crippen LogP contribution in [0.2, 0.25) is 0 Å². The van der Waals surface area contributed by atoms with Crippen LogP contribution in [0, 0.1) is 0 Å². The lowest BCUT2D eigenvalue weighted by atomic mass is 10.1. The third kappa shape index (κ3) is 6.85. The molecule has 0 N–H and O–H groups in total. The molecule has 0 aromatic rings. The van der Waals surface area contributed by atoms with Crippen LogP contribution in [-0.2, 0) is 4.74 Å². The summed E-state index contributed by atoms with van der Waals surface area (Å²) < 4.78 is 5.49. The minimum absolute atomic E-state index is 0.280. The zero-order valence-corrected chi connectivity index (χ0v) is 9.90. The summed E-state index contributed by atoms with van der Waals surface area (Å²) in [5, 5.41) is 0.735. The third-order valence-corrected chi connectivity index (χ3v) is 1.65. The van der Waals surface area contributed by atoms with Crippen LogP contribution in [0.25, 0.3) is 0 Å². The fourth-order valence-corrected chi connectivity index (χ4v) is 1.54. The summed E-state index contributed by atoms with van der Waals surface area (Å²) in [7, 11) is 0. The second-order valence-corrected chi connectivity index (χ2v) is 4.22. The van der Waals surface area contributed by atoms with E-state index in [4.69, 9.17) is 16.3 Å². The van der Waals surface area contributed by atoms with Gasteiger partial charge in [-0.05, 0) is 46.8 Å². The van der Waals surface area contributed by atoms with Crippen LogP contribution in [0.1, 0.15) is 34.6 Å². The second-order valence-electron chi connectivity index (χ2n) is 3.79. The van der Waals surface area contributed by atoms with E-state index in [1.54, 1.807) is 0 Å². The summed E-state index contributed by atoms with van der Waals surface area (Å²) in [5.41, 5.74) is 0.908. The van der Waals surface area contributed by atoms with Crippen molar-refractivity contribution in [3.63, 3.8) is 0 Å². The highest BCUT2D eigenvalue weighted by Crippen LogP contribution is 2.17. The molecule has 0 rings (SSSR count). The SMILES string of the molecule is CCOC(C)(C)/C=C(\Cl)C=C(C)C. The number of allylic oxidation sites excluding steroid dienone is 3. The minimum atomic E-state index is -0.280. The predicted octanol–water partition coefficient (Wildman–Crippen LogP) is 3.89. The van der Waals surface area contributed by atoms with Crippen LogP contribution in [0.4, 0.5) is 0 Å². The molecule has 0 heterocycles. The molecule has 0 bridgehead atoms. The zero-order valence-electron chi connectivity index (χ0n) is 9.15. The zero-order chi connectivity index (χ0) is 10.5. The van der Waals surface area contributed by atoms with Crippen molar-refractivity contribution in [3.8, 4) is 0 Å². The Kier molecular flexibility index (Phi) is 5.34. The molecule has 0 aromatic heterocycles. The van der Waals surface area contributed by atoms with Gasteiger partial charge in [-0.2, -0.15) is 0 Å². The summed E-state index contributed by atoms with van der Waals surface area (Å²) in [6.07, 6.45) is 3.85. The highest BCUT2D eigenvalue weighted by molar-refractivity contribution is 6.31. The summed E-state index contributed by atoms with van der Waals surface area (Å²) in [4.78, 5) is 0. The quantitative estimate of drug-likeness (QED) is 0.629. The van der Waals surface area contributed by atoms with E-state index in [1.165, 1.54) is 5.57 Å². The molecule has 0 radical (unpaired) electrons. The number of hydrogen-bond acceptors (Lipinski definition) is 1. The van der Waals surface area contributed by atoms with Crippen LogP contribution >= 0.6 is 11.6 Å². The van der Waals surface area contributed by atoms with Crippen molar-refractivity contribution in [1.29, 1.82) is 0 Å². The van der Waals surface area contributed by atoms with Gasteiger partial charge in [-0.3, -0.25) is 0 Å². The number of rotatable bonds is 4. The molecule has 0 aliphatic heterocycles. The molecule has 0 aliphatic carbocycles. The topological polar surface area (TPSA) is 9.23 Å². The molecule has 0 saturated heterocycles. The Labute approximate surface area is 86.4 Å². The fourth-order valence-electron chi connectivity index (χ4n) is 1.06. The van der Waals surface area contributed by atoms with E-state index in [0.29, 0.717) is 6.61 Å². The third-order valence-electron chi connectivity index (χ3n) is 1.43. The first-order valence-corrected chi connectivity index (χ1v) is 4.92. The van der Waals surface area contributed by atoms with E-state index in [-0.39, 0.29) is 5.60 Å². The van der Waals surface area contributed by atoms with Crippen LogP contribution in [0.15, 0.2) is 22.8 Å². The van der Waals surface area contributed by atoms with Crippen molar-refractivity contribution >= 4 is 11.6 Å². The summed E-state index contributed by atoms with van der Waals surface area (Å²) >= 11 is 6.00. The second kappa shape index (κ2) is 5.46. The summed E-state index contributed by atoms with van der Waals surface area (Å²) in [6.45, 7) is 10.7. The lowest BCUT2D eigenvalue weighted by molar-refractivity contribution is 0.0284. The van der Waals surface area contributed by atoms with Crippen molar-refractivity contribution in [3.05, 3.63) is 22.8 Å². The predicted molar refractivity (Wildman–Crippen MR) is 59.1 cm³/mol. The molecule has 0 atom stereocenters. The highest BCUT2D eigenvalue weighted by Gasteiger charge is 2.13. The first-order valence-electron chi connectivity index (χ1n) is 4.54. The standard InChI is InChI=1S/C11H19ClO/c1-6-13-11(4,5)8-10(12)7-9(2)3/h7-8H,6H2,1-5H3/b10-8-. The van der Waals surface area contributed by atoms with E-state index < -0.39 is 0 Å². The van der Waals surface area contributed by atoms with E-state index in [0.717, 1.165) is 5.03 Å². The van der Waals surface area contributed by atoms with Crippen molar-refractivity contribution in [1.82, 2.24) is 0 Å². The maximum atomic E-state index is 6.00. The van der Waals surface area contributed by atoms with Crippen LogP contribution in [0.3, 0.4) is 0 Å². The van der Waals surface area contributed by atoms with Gasteiger partial charge in [0.15, 0.2) is 0 Å². The first-order chi connectivity index (χ1) is 5.87. The van der Waals surface area contributed by atoms with E-state index in [9.17, 15) is 0 Å². The molecular weight excluding hydrogens is 184 g/mol. The molecule has 13 heavy (non-hydrogen) atoms. The van der Waals surface area contributed by atoms with Crippen molar-refractivity contribution in [2.75, 3.05) is 6.61 Å². The van der Waals surface area contributed by atoms with Gasteiger partial charge in [-0.15, -0.1) is 0 Å². The fraction of sp³-hybridized carbons (Fsp3) is 0.636. The molecular formula is C11H19ClO. The van der Waals surface area contributed by atoms with E-state index >= 15 is 0 Å². The van der Waals surface area contributed by atoms with Crippen molar-refractivity contribution in [2.45, 2.75) is 40.2 Å². The van der Waals surface area contributed by atoms with Gasteiger partial charge in [0.05, 0.1) is 5.60 Å². The van der Waals surface area contributed by atoms with E-state index in [1.807, 2.05) is 46.8 Å². The lowest BCUT2D eigenvalue weighted by Crippen LogP contribution is -2.21. The number of ether oxygens (including phenoxy) is 1. The van der Waals surface area contributed by atoms with Gasteiger partial charge in [0, 0.05) is 11.6 Å². The molecule has 1 nitrogen and oxygen atoms in total. The molecule has 2 heteroatoms. The highest BCUT2D eigenvalue weighted by atomic mass is 35.5. The molecule has 0 amide bonds. The van der Waals surface area contributed by atoms with Gasteiger partial charge in [-0.1, -0.05) is 17.2 Å². The first kappa shape index (κ1) is 12.7. The molecule has 0 aromatic carbocycles. The Bertz CT molecular complexity index is 210. The molecule has 0 unspecified atom stereocenters. The average Bonchev–Trinajstić information content (AvgIpc) is 1.81. The Morgan fingerprint density at radius 3 is 2.31 bits per heavy atom. The smallest absolute Gasteiger partial charge is 0.0823 e. The molecule has 0 spiro atoms. The number of halogens is 1. The Morgan fingerprint density at radius 2 is 1.92 bits per heavy atom.